The third-order valence-electron chi connectivity index (χ3n) is 5.17. The maximum absolute atomic E-state index is 12.3. The van der Waals surface area contributed by atoms with Crippen LogP contribution in [0.3, 0.4) is 0 Å². The molecule has 0 radical (unpaired) electrons. The van der Waals surface area contributed by atoms with E-state index >= 15 is 0 Å². The number of hydrogen-bond donors (Lipinski definition) is 1. The first kappa shape index (κ1) is 18.7. The Bertz CT molecular complexity index is 693. The maximum atomic E-state index is 12.3. The number of aromatic nitrogens is 3. The summed E-state index contributed by atoms with van der Waals surface area (Å²) < 4.78 is 2.97. The lowest BCUT2D eigenvalue weighted by Gasteiger charge is -2.20. The Morgan fingerprint density at radius 1 is 1.00 bits per heavy atom. The molecule has 1 fully saturated rings. The van der Waals surface area contributed by atoms with E-state index in [1.165, 1.54) is 4.68 Å². The van der Waals surface area contributed by atoms with E-state index in [2.05, 4.69) is 10.4 Å². The molecule has 144 valence electrons. The first-order valence-electron chi connectivity index (χ1n) is 9.86. The standard InChI is InChI=1S/C18H29N5O3/c24-16(19-10-7-12-21-11-5-2-4-9-17(21)25)14-23-18(26)22-13-6-1-3-8-15(22)20-23/h1-14H2,(H,19,24). The van der Waals surface area contributed by atoms with Crippen molar-refractivity contribution in [3.05, 3.63) is 16.3 Å². The fourth-order valence-electron chi connectivity index (χ4n) is 3.69. The van der Waals surface area contributed by atoms with Crippen LogP contribution in [0.5, 0.6) is 0 Å². The summed E-state index contributed by atoms with van der Waals surface area (Å²) in [4.78, 5) is 38.3. The number of rotatable bonds is 6. The van der Waals surface area contributed by atoms with Crippen LogP contribution in [0.25, 0.3) is 0 Å². The van der Waals surface area contributed by atoms with Crippen LogP contribution in [0.15, 0.2) is 4.79 Å². The van der Waals surface area contributed by atoms with Gasteiger partial charge in [-0.2, -0.15) is 5.10 Å². The predicted molar refractivity (Wildman–Crippen MR) is 96.7 cm³/mol. The van der Waals surface area contributed by atoms with Gasteiger partial charge in [-0.15, -0.1) is 0 Å². The zero-order valence-electron chi connectivity index (χ0n) is 15.4. The van der Waals surface area contributed by atoms with E-state index in [-0.39, 0.29) is 24.0 Å². The molecule has 0 aromatic carbocycles. The molecule has 2 aliphatic rings. The summed E-state index contributed by atoms with van der Waals surface area (Å²) in [6.07, 6.45) is 8.46. The fourth-order valence-corrected chi connectivity index (χ4v) is 3.69. The third-order valence-corrected chi connectivity index (χ3v) is 5.17. The fraction of sp³-hybridized carbons (Fsp3) is 0.778. The second kappa shape index (κ2) is 9.00. The molecule has 0 saturated carbocycles. The van der Waals surface area contributed by atoms with Gasteiger partial charge >= 0.3 is 5.69 Å². The van der Waals surface area contributed by atoms with Crippen molar-refractivity contribution in [1.29, 1.82) is 0 Å². The van der Waals surface area contributed by atoms with E-state index in [4.69, 9.17) is 0 Å². The van der Waals surface area contributed by atoms with Crippen LogP contribution in [0.1, 0.15) is 57.2 Å². The van der Waals surface area contributed by atoms with Crippen LogP contribution in [0, 0.1) is 0 Å². The molecule has 0 unspecified atom stereocenters. The summed E-state index contributed by atoms with van der Waals surface area (Å²) in [5.74, 6) is 0.808. The van der Waals surface area contributed by atoms with Crippen molar-refractivity contribution in [1.82, 2.24) is 24.6 Å². The van der Waals surface area contributed by atoms with Crippen molar-refractivity contribution in [2.75, 3.05) is 19.6 Å². The highest BCUT2D eigenvalue weighted by atomic mass is 16.2. The molecule has 0 atom stereocenters. The molecule has 26 heavy (non-hydrogen) atoms. The number of nitrogens with zero attached hydrogens (tertiary/aromatic N) is 4. The normalized spacial score (nSPS) is 18.2. The zero-order chi connectivity index (χ0) is 18.4. The predicted octanol–water partition coefficient (Wildman–Crippen LogP) is 0.680. The average Bonchev–Trinajstić information content (AvgIpc) is 2.84. The number of amides is 2. The Morgan fingerprint density at radius 2 is 1.77 bits per heavy atom. The van der Waals surface area contributed by atoms with Gasteiger partial charge in [0.05, 0.1) is 0 Å². The van der Waals surface area contributed by atoms with Crippen molar-refractivity contribution in [2.45, 2.75) is 70.9 Å². The molecular formula is C18H29N5O3. The number of likely N-dealkylation sites (tertiary alicyclic amines) is 1. The van der Waals surface area contributed by atoms with Gasteiger partial charge in [-0.25, -0.2) is 9.48 Å². The van der Waals surface area contributed by atoms with Gasteiger partial charge in [-0.3, -0.25) is 14.2 Å². The minimum absolute atomic E-state index is 0.0402. The zero-order valence-corrected chi connectivity index (χ0v) is 15.4. The van der Waals surface area contributed by atoms with Gasteiger partial charge in [0.1, 0.15) is 12.4 Å². The number of fused-ring (bicyclic) bond motifs is 1. The molecule has 3 heterocycles. The van der Waals surface area contributed by atoms with Gasteiger partial charge in [-0.05, 0) is 32.1 Å². The number of hydrogen-bond acceptors (Lipinski definition) is 4. The average molecular weight is 363 g/mol. The summed E-state index contributed by atoms with van der Waals surface area (Å²) in [5, 5.41) is 7.16. The molecule has 1 aromatic rings. The molecule has 0 bridgehead atoms. The van der Waals surface area contributed by atoms with Crippen LogP contribution in [0.4, 0.5) is 0 Å². The van der Waals surface area contributed by atoms with Gasteiger partial charge in [0.2, 0.25) is 11.8 Å². The van der Waals surface area contributed by atoms with E-state index in [0.29, 0.717) is 26.1 Å². The highest BCUT2D eigenvalue weighted by Gasteiger charge is 2.18. The van der Waals surface area contributed by atoms with Crippen molar-refractivity contribution in [3.8, 4) is 0 Å². The number of aryl methyl sites for hydroxylation is 1. The topological polar surface area (TPSA) is 89.2 Å². The molecule has 3 rings (SSSR count). The highest BCUT2D eigenvalue weighted by molar-refractivity contribution is 5.76. The second-order valence-electron chi connectivity index (χ2n) is 7.21. The Kier molecular flexibility index (Phi) is 6.46. The van der Waals surface area contributed by atoms with Crippen molar-refractivity contribution in [2.24, 2.45) is 0 Å². The molecule has 2 aliphatic heterocycles. The molecule has 1 aromatic heterocycles. The first-order valence-corrected chi connectivity index (χ1v) is 9.86. The van der Waals surface area contributed by atoms with Gasteiger partial charge in [0.15, 0.2) is 0 Å². The quantitative estimate of drug-likeness (QED) is 0.753. The molecule has 2 amide bonds. The molecular weight excluding hydrogens is 334 g/mol. The lowest BCUT2D eigenvalue weighted by Crippen LogP contribution is -2.36. The molecule has 0 aliphatic carbocycles. The first-order chi connectivity index (χ1) is 12.6. The number of carbonyl (C=O) groups excluding carboxylic acids is 2. The Hall–Kier alpha value is -2.12. The Labute approximate surface area is 153 Å². The van der Waals surface area contributed by atoms with Crippen LogP contribution >= 0.6 is 0 Å². The SMILES string of the molecule is O=C(Cn1nc2n(c1=O)CCCCC2)NCCCN1CCCCCC1=O. The van der Waals surface area contributed by atoms with Crippen LogP contribution in [-0.4, -0.2) is 50.7 Å². The molecule has 8 heteroatoms. The third kappa shape index (κ3) is 4.74. The number of nitrogens with one attached hydrogen (secondary N) is 1. The largest absolute Gasteiger partial charge is 0.354 e. The molecule has 1 N–H and O–H groups in total. The number of carbonyl (C=O) groups is 2. The van der Waals surface area contributed by atoms with Gasteiger partial charge in [-0.1, -0.05) is 12.8 Å². The van der Waals surface area contributed by atoms with Crippen molar-refractivity contribution < 1.29 is 9.59 Å². The smallest absolute Gasteiger partial charge is 0.346 e. The van der Waals surface area contributed by atoms with E-state index in [9.17, 15) is 14.4 Å². The van der Waals surface area contributed by atoms with Gasteiger partial charge < -0.3 is 10.2 Å². The van der Waals surface area contributed by atoms with Gasteiger partial charge in [0, 0.05) is 39.0 Å². The van der Waals surface area contributed by atoms with E-state index in [0.717, 1.165) is 63.7 Å². The lowest BCUT2D eigenvalue weighted by molar-refractivity contribution is -0.130. The van der Waals surface area contributed by atoms with Crippen LogP contribution in [-0.2, 0) is 29.1 Å². The molecule has 0 spiro atoms. The summed E-state index contributed by atoms with van der Waals surface area (Å²) in [5.41, 5.74) is -0.188. The minimum Gasteiger partial charge on any atom is -0.354 e. The molecule has 1 saturated heterocycles. The summed E-state index contributed by atoms with van der Waals surface area (Å²) in [6.45, 7) is 2.66. The lowest BCUT2D eigenvalue weighted by atomic mass is 10.2. The van der Waals surface area contributed by atoms with Crippen LogP contribution in [0.2, 0.25) is 0 Å². The van der Waals surface area contributed by atoms with Crippen molar-refractivity contribution in [3.63, 3.8) is 0 Å². The van der Waals surface area contributed by atoms with E-state index < -0.39 is 0 Å². The Balaban J connectivity index is 1.43. The van der Waals surface area contributed by atoms with E-state index in [1.54, 1.807) is 4.57 Å². The monoisotopic (exact) mass is 363 g/mol. The minimum atomic E-state index is -0.206. The maximum Gasteiger partial charge on any atom is 0.346 e. The highest BCUT2D eigenvalue weighted by Crippen LogP contribution is 2.11. The summed E-state index contributed by atoms with van der Waals surface area (Å²) in [6, 6.07) is 0. The van der Waals surface area contributed by atoms with Gasteiger partial charge in [0.25, 0.3) is 0 Å². The Morgan fingerprint density at radius 3 is 2.62 bits per heavy atom. The van der Waals surface area contributed by atoms with Crippen LogP contribution < -0.4 is 11.0 Å². The van der Waals surface area contributed by atoms with Crippen molar-refractivity contribution >= 4 is 11.8 Å². The van der Waals surface area contributed by atoms with E-state index in [1.807, 2.05) is 4.90 Å². The summed E-state index contributed by atoms with van der Waals surface area (Å²) >= 11 is 0. The molecule has 8 nitrogen and oxygen atoms in total. The second-order valence-corrected chi connectivity index (χ2v) is 7.21. The summed E-state index contributed by atoms with van der Waals surface area (Å²) in [7, 11) is 0.